The molecule has 2 aliphatic rings. The van der Waals surface area contributed by atoms with Gasteiger partial charge in [-0.05, 0) is 129 Å². The molecule has 1 aromatic heterocycles. The van der Waals surface area contributed by atoms with Crippen LogP contribution in [-0.4, -0.2) is 10.4 Å². The van der Waals surface area contributed by atoms with Crippen LogP contribution in [0.25, 0.3) is 60.5 Å². The van der Waals surface area contributed by atoms with Gasteiger partial charge in [0.1, 0.15) is 0 Å². The van der Waals surface area contributed by atoms with E-state index in [9.17, 15) is 4.79 Å². The Balaban J connectivity index is 0.910. The maximum absolute atomic E-state index is 14.7. The summed E-state index contributed by atoms with van der Waals surface area (Å²) in [6.45, 7) is 0. The molecule has 0 saturated heterocycles. The van der Waals surface area contributed by atoms with Crippen LogP contribution < -0.4 is 9.80 Å². The average Bonchev–Trinajstić information content (AvgIpc) is 3.95. The lowest BCUT2D eigenvalue weighted by Gasteiger charge is -2.42. The Kier molecular flexibility index (Phi) is 9.91. The van der Waals surface area contributed by atoms with Crippen molar-refractivity contribution in [3.63, 3.8) is 0 Å². The number of fused-ring (bicyclic) bond motifs is 8. The van der Waals surface area contributed by atoms with Gasteiger partial charge in [-0.15, -0.1) is 0 Å². The van der Waals surface area contributed by atoms with Crippen LogP contribution in [0.5, 0.6) is 0 Å². The van der Waals surface area contributed by atoms with E-state index in [0.717, 1.165) is 89.8 Å². The normalized spacial score (nSPS) is 13.3. The Morgan fingerprint density at radius 1 is 0.289 bits per heavy atom. The Morgan fingerprint density at radius 3 is 1.59 bits per heavy atom. The molecule has 0 saturated carbocycles. The summed E-state index contributed by atoms with van der Waals surface area (Å²) in [4.78, 5) is 19.5. The summed E-state index contributed by atoms with van der Waals surface area (Å²) in [7, 11) is 0. The first-order valence-corrected chi connectivity index (χ1v) is 26.0. The number of anilines is 6. The lowest BCUT2D eigenvalue weighted by molar-refractivity contribution is 0.103. The highest BCUT2D eigenvalue weighted by Crippen LogP contribution is 2.56. The summed E-state index contributed by atoms with van der Waals surface area (Å²) < 4.78 is 2.43. The number of aromatic nitrogens is 1. The molecule has 15 rings (SSSR count). The summed E-state index contributed by atoms with van der Waals surface area (Å²) in [6.07, 6.45) is 0. The minimum Gasteiger partial charge on any atom is -0.309 e. The number of rotatable bonds is 7. The predicted molar refractivity (Wildman–Crippen MR) is 314 cm³/mol. The third kappa shape index (κ3) is 6.54. The Hall–Kier alpha value is -10.0. The van der Waals surface area contributed by atoms with E-state index >= 15 is 0 Å². The lowest BCUT2D eigenvalue weighted by Crippen LogP contribution is -2.38. The quantitative estimate of drug-likeness (QED) is 0.159. The topological polar surface area (TPSA) is 28.5 Å². The van der Waals surface area contributed by atoms with Gasteiger partial charge in [0.15, 0.2) is 5.78 Å². The van der Waals surface area contributed by atoms with Gasteiger partial charge in [0, 0.05) is 38.7 Å². The average molecular weight is 970 g/mol. The summed E-state index contributed by atoms with van der Waals surface area (Å²) >= 11 is 0. The summed E-state index contributed by atoms with van der Waals surface area (Å²) in [5, 5.41) is 4.86. The van der Waals surface area contributed by atoms with E-state index in [1.165, 1.54) is 38.3 Å². The van der Waals surface area contributed by atoms with Crippen molar-refractivity contribution in [3.8, 4) is 27.9 Å². The number of hydrogen-bond acceptors (Lipinski definition) is 3. The molecule has 0 fully saturated rings. The zero-order valence-corrected chi connectivity index (χ0v) is 41.4. The van der Waals surface area contributed by atoms with Crippen molar-refractivity contribution in [2.75, 3.05) is 9.80 Å². The van der Waals surface area contributed by atoms with Crippen molar-refractivity contribution in [1.29, 1.82) is 0 Å². The van der Waals surface area contributed by atoms with Crippen LogP contribution >= 0.6 is 0 Å². The molecule has 4 nitrogen and oxygen atoms in total. The molecule has 2 heterocycles. The molecule has 13 aromatic rings. The smallest absolute Gasteiger partial charge is 0.193 e. The minimum atomic E-state index is -0.744. The Bertz CT molecular complexity index is 4400. The van der Waals surface area contributed by atoms with Crippen LogP contribution in [0.3, 0.4) is 0 Å². The minimum absolute atomic E-state index is 0.0448. The highest BCUT2D eigenvalue weighted by Gasteiger charge is 2.46. The molecule has 356 valence electrons. The first kappa shape index (κ1) is 43.5. The van der Waals surface area contributed by atoms with E-state index in [2.05, 4.69) is 287 Å². The molecule has 1 aliphatic carbocycles. The van der Waals surface area contributed by atoms with E-state index in [-0.39, 0.29) is 5.78 Å². The molecule has 0 bridgehead atoms. The molecule has 0 radical (unpaired) electrons. The molecule has 76 heavy (non-hydrogen) atoms. The summed E-state index contributed by atoms with van der Waals surface area (Å²) in [5.41, 5.74) is 19.2. The molecule has 4 heteroatoms. The molecule has 1 aliphatic heterocycles. The van der Waals surface area contributed by atoms with E-state index in [1.807, 2.05) is 12.1 Å². The second-order valence-corrected chi connectivity index (χ2v) is 19.9. The Morgan fingerprint density at radius 2 is 0.803 bits per heavy atom. The third-order valence-corrected chi connectivity index (χ3v) is 15.9. The molecule has 0 spiro atoms. The second-order valence-electron chi connectivity index (χ2n) is 19.9. The van der Waals surface area contributed by atoms with Gasteiger partial charge in [-0.25, -0.2) is 0 Å². The van der Waals surface area contributed by atoms with E-state index < -0.39 is 5.41 Å². The number of nitrogens with zero attached hydrogens (tertiary/aromatic N) is 3. The Labute approximate surface area is 441 Å². The number of hydrogen-bond donors (Lipinski definition) is 0. The van der Waals surface area contributed by atoms with Crippen LogP contribution in [0.2, 0.25) is 0 Å². The van der Waals surface area contributed by atoms with Crippen molar-refractivity contribution >= 4 is 72.5 Å². The highest BCUT2D eigenvalue weighted by molar-refractivity contribution is 6.15. The summed E-state index contributed by atoms with van der Waals surface area (Å²) in [5.74, 6) is 0.0448. The van der Waals surface area contributed by atoms with Gasteiger partial charge in [-0.3, -0.25) is 4.79 Å². The second kappa shape index (κ2) is 17.3. The predicted octanol–water partition coefficient (Wildman–Crippen LogP) is 18.5. The van der Waals surface area contributed by atoms with Crippen LogP contribution in [0.4, 0.5) is 34.1 Å². The molecular weight excluding hydrogens is 923 g/mol. The molecule has 0 unspecified atom stereocenters. The van der Waals surface area contributed by atoms with E-state index in [0.29, 0.717) is 0 Å². The standard InChI is InChI=1S/C72H47N3O/c76-71-59-32-12-14-33-62(59)72(53-23-4-1-5-24-53,54-25-6-2-7-26-54)63-46-51(38-41-60(63)71)49-22-18-29-56(44-49)74-68-36-17-16-35-67(68)73(55-27-8-3-9-28-55)69-43-40-52(47-70(69)74)50-39-42-66-61(45-50)58-31-13-15-34-65(58)75(66)64-37-19-21-48-20-10-11-30-57(48)64/h1-47H. The maximum Gasteiger partial charge on any atom is 0.193 e. The van der Waals surface area contributed by atoms with Gasteiger partial charge in [0.25, 0.3) is 0 Å². The number of para-hydroxylation sites is 4. The fraction of sp³-hybridized carbons (Fsp3) is 0.0139. The van der Waals surface area contributed by atoms with Crippen LogP contribution in [0.1, 0.15) is 38.2 Å². The fourth-order valence-electron chi connectivity index (χ4n) is 12.6. The number of carbonyl (C=O) groups excluding carboxylic acids is 1. The molecule has 0 atom stereocenters. The van der Waals surface area contributed by atoms with Gasteiger partial charge in [0.2, 0.25) is 0 Å². The van der Waals surface area contributed by atoms with Crippen LogP contribution in [-0.2, 0) is 5.41 Å². The van der Waals surface area contributed by atoms with Crippen LogP contribution in [0.15, 0.2) is 285 Å². The monoisotopic (exact) mass is 969 g/mol. The van der Waals surface area contributed by atoms with Crippen molar-refractivity contribution in [2.24, 2.45) is 0 Å². The lowest BCUT2D eigenvalue weighted by atomic mass is 9.59. The van der Waals surface area contributed by atoms with Crippen molar-refractivity contribution in [3.05, 3.63) is 318 Å². The van der Waals surface area contributed by atoms with Crippen molar-refractivity contribution < 1.29 is 4.79 Å². The van der Waals surface area contributed by atoms with Crippen molar-refractivity contribution in [1.82, 2.24) is 4.57 Å². The third-order valence-electron chi connectivity index (χ3n) is 15.9. The van der Waals surface area contributed by atoms with Gasteiger partial charge < -0.3 is 14.4 Å². The zero-order valence-electron chi connectivity index (χ0n) is 41.4. The van der Waals surface area contributed by atoms with E-state index in [4.69, 9.17) is 0 Å². The number of ketones is 1. The van der Waals surface area contributed by atoms with Gasteiger partial charge in [-0.2, -0.15) is 0 Å². The molecule has 12 aromatic carbocycles. The zero-order chi connectivity index (χ0) is 50.3. The maximum atomic E-state index is 14.7. The number of benzene rings is 12. The summed E-state index contributed by atoms with van der Waals surface area (Å²) in [6, 6.07) is 102. The number of carbonyl (C=O) groups is 1. The van der Waals surface area contributed by atoms with E-state index in [1.54, 1.807) is 0 Å². The largest absolute Gasteiger partial charge is 0.309 e. The SMILES string of the molecule is O=C1c2ccccc2C(c2ccccc2)(c2ccccc2)c2cc(-c3cccc(N4c5ccccc5N(c5ccccc5)c5ccc(-c6ccc7c(c6)c6ccccc6n7-c6cccc7ccccc67)cc54)c3)ccc21. The first-order chi connectivity index (χ1) is 37.6. The van der Waals surface area contributed by atoms with Gasteiger partial charge in [0.05, 0.1) is 44.9 Å². The van der Waals surface area contributed by atoms with Crippen LogP contribution in [0, 0.1) is 0 Å². The van der Waals surface area contributed by atoms with Gasteiger partial charge >= 0.3 is 0 Å². The van der Waals surface area contributed by atoms with Gasteiger partial charge in [-0.1, -0.05) is 206 Å². The first-order valence-electron chi connectivity index (χ1n) is 26.0. The van der Waals surface area contributed by atoms with Crippen molar-refractivity contribution in [2.45, 2.75) is 5.41 Å². The molecular formula is C72H47N3O. The fourth-order valence-corrected chi connectivity index (χ4v) is 12.6. The molecule has 0 amide bonds. The highest BCUT2D eigenvalue weighted by atomic mass is 16.1. The molecule has 0 N–H and O–H groups in total.